The topological polar surface area (TPSA) is 103 Å². The fourth-order valence-corrected chi connectivity index (χ4v) is 5.28. The standard InChI is InChI=1S/C27H27FN4O5S/c1-19-29-14-15-31(19)22-8-4-20(5-9-22)17-30-27(33)18-32(23-10-6-21(28)7-11-23)38(34,35)24-12-13-25(36-2)26(16-24)37-3/h4-16H,17-18H2,1-3H3,(H,30,33). The van der Waals surface area contributed by atoms with Gasteiger partial charge in [0.25, 0.3) is 10.0 Å². The third kappa shape index (κ3) is 5.78. The molecule has 0 fully saturated rings. The molecule has 1 amide bonds. The minimum Gasteiger partial charge on any atom is -0.493 e. The van der Waals surface area contributed by atoms with Gasteiger partial charge in [-0.1, -0.05) is 12.1 Å². The first-order valence-corrected chi connectivity index (χ1v) is 13.0. The lowest BCUT2D eigenvalue weighted by Gasteiger charge is -2.24. The molecule has 38 heavy (non-hydrogen) atoms. The number of benzene rings is 3. The summed E-state index contributed by atoms with van der Waals surface area (Å²) in [4.78, 5) is 17.0. The number of carbonyl (C=O) groups is 1. The molecule has 0 atom stereocenters. The molecule has 0 aliphatic heterocycles. The smallest absolute Gasteiger partial charge is 0.264 e. The van der Waals surface area contributed by atoms with E-state index in [2.05, 4.69) is 10.3 Å². The Balaban J connectivity index is 1.54. The number of carbonyl (C=O) groups excluding carboxylic acids is 1. The van der Waals surface area contributed by atoms with Crippen molar-refractivity contribution < 1.29 is 27.1 Å². The normalized spacial score (nSPS) is 11.2. The van der Waals surface area contributed by atoms with E-state index in [0.29, 0.717) is 5.75 Å². The second-order valence-electron chi connectivity index (χ2n) is 8.29. The highest BCUT2D eigenvalue weighted by atomic mass is 32.2. The van der Waals surface area contributed by atoms with Crippen molar-refractivity contribution >= 4 is 21.6 Å². The second-order valence-corrected chi connectivity index (χ2v) is 10.2. The van der Waals surface area contributed by atoms with Gasteiger partial charge in [-0.25, -0.2) is 17.8 Å². The molecule has 0 aliphatic rings. The van der Waals surface area contributed by atoms with Crippen molar-refractivity contribution in [3.8, 4) is 17.2 Å². The second kappa shape index (κ2) is 11.3. The van der Waals surface area contributed by atoms with Gasteiger partial charge in [0.1, 0.15) is 18.2 Å². The van der Waals surface area contributed by atoms with Crippen molar-refractivity contribution in [2.45, 2.75) is 18.4 Å². The van der Waals surface area contributed by atoms with E-state index >= 15 is 0 Å². The summed E-state index contributed by atoms with van der Waals surface area (Å²) >= 11 is 0. The van der Waals surface area contributed by atoms with E-state index in [4.69, 9.17) is 9.47 Å². The van der Waals surface area contributed by atoms with Crippen LogP contribution in [0.1, 0.15) is 11.4 Å². The van der Waals surface area contributed by atoms with E-state index in [1.807, 2.05) is 42.0 Å². The average Bonchev–Trinajstić information content (AvgIpc) is 3.36. The summed E-state index contributed by atoms with van der Waals surface area (Å²) in [5.74, 6) is 0.352. The zero-order valence-electron chi connectivity index (χ0n) is 21.1. The molecule has 198 valence electrons. The van der Waals surface area contributed by atoms with Gasteiger partial charge in [0.2, 0.25) is 5.91 Å². The largest absolute Gasteiger partial charge is 0.493 e. The van der Waals surface area contributed by atoms with Crippen LogP contribution in [0, 0.1) is 12.7 Å². The molecule has 0 saturated carbocycles. The van der Waals surface area contributed by atoms with Crippen LogP contribution in [0.5, 0.6) is 11.5 Å². The lowest BCUT2D eigenvalue weighted by Crippen LogP contribution is -2.40. The van der Waals surface area contributed by atoms with Gasteiger partial charge >= 0.3 is 0 Å². The number of halogens is 1. The molecule has 4 aromatic rings. The Labute approximate surface area is 220 Å². The van der Waals surface area contributed by atoms with Crippen LogP contribution in [0.3, 0.4) is 0 Å². The molecule has 0 unspecified atom stereocenters. The van der Waals surface area contributed by atoms with Gasteiger partial charge in [0, 0.05) is 30.7 Å². The van der Waals surface area contributed by atoms with Crippen LogP contribution in [0.25, 0.3) is 5.69 Å². The SMILES string of the molecule is COc1ccc(S(=O)(=O)N(CC(=O)NCc2ccc(-n3ccnc3C)cc2)c2ccc(F)cc2)cc1OC. The van der Waals surface area contributed by atoms with Gasteiger partial charge in [-0.2, -0.15) is 0 Å². The minimum absolute atomic E-state index is 0.113. The maximum absolute atomic E-state index is 13.6. The molecule has 0 saturated heterocycles. The third-order valence-electron chi connectivity index (χ3n) is 5.87. The number of anilines is 1. The summed E-state index contributed by atoms with van der Waals surface area (Å²) in [7, 11) is -1.40. The molecule has 3 aromatic carbocycles. The van der Waals surface area contributed by atoms with Gasteiger partial charge in [-0.15, -0.1) is 0 Å². The number of ether oxygens (including phenoxy) is 2. The fourth-order valence-electron chi connectivity index (χ4n) is 3.84. The van der Waals surface area contributed by atoms with Crippen molar-refractivity contribution in [2.75, 3.05) is 25.1 Å². The molecule has 0 spiro atoms. The molecule has 0 bridgehead atoms. The van der Waals surface area contributed by atoms with E-state index in [0.717, 1.165) is 33.5 Å². The van der Waals surface area contributed by atoms with Gasteiger partial charge in [0.15, 0.2) is 11.5 Å². The number of aromatic nitrogens is 2. The molecule has 0 radical (unpaired) electrons. The number of nitrogens with one attached hydrogen (secondary N) is 1. The maximum atomic E-state index is 13.6. The number of aryl methyl sites for hydroxylation is 1. The zero-order valence-corrected chi connectivity index (χ0v) is 21.9. The number of rotatable bonds is 10. The highest BCUT2D eigenvalue weighted by molar-refractivity contribution is 7.92. The predicted molar refractivity (Wildman–Crippen MR) is 141 cm³/mol. The lowest BCUT2D eigenvalue weighted by molar-refractivity contribution is -0.119. The summed E-state index contributed by atoms with van der Waals surface area (Å²) in [6.07, 6.45) is 3.57. The molecule has 1 heterocycles. The Morgan fingerprint density at radius 2 is 1.68 bits per heavy atom. The highest BCUT2D eigenvalue weighted by Gasteiger charge is 2.28. The molecular weight excluding hydrogens is 511 g/mol. The van der Waals surface area contributed by atoms with Crippen LogP contribution in [0.15, 0.2) is 84.0 Å². The van der Waals surface area contributed by atoms with Crippen LogP contribution in [-0.4, -0.2) is 44.6 Å². The van der Waals surface area contributed by atoms with Crippen molar-refractivity contribution in [1.29, 1.82) is 0 Å². The highest BCUT2D eigenvalue weighted by Crippen LogP contribution is 2.32. The Morgan fingerprint density at radius 1 is 1.00 bits per heavy atom. The zero-order chi connectivity index (χ0) is 27.3. The first-order valence-electron chi connectivity index (χ1n) is 11.6. The Kier molecular flexibility index (Phi) is 7.96. The third-order valence-corrected chi connectivity index (χ3v) is 7.64. The molecular formula is C27H27FN4O5S. The van der Waals surface area contributed by atoms with Gasteiger partial charge in [-0.3, -0.25) is 9.10 Å². The quantitative estimate of drug-likeness (QED) is 0.329. The summed E-state index contributed by atoms with van der Waals surface area (Å²) in [5, 5.41) is 2.76. The van der Waals surface area contributed by atoms with Crippen LogP contribution in [-0.2, 0) is 21.4 Å². The summed E-state index contributed by atoms with van der Waals surface area (Å²) in [5.41, 5.74) is 1.89. The molecule has 9 nitrogen and oxygen atoms in total. The van der Waals surface area contributed by atoms with E-state index in [9.17, 15) is 17.6 Å². The Morgan fingerprint density at radius 3 is 2.29 bits per heavy atom. The first kappa shape index (κ1) is 26.7. The predicted octanol–water partition coefficient (Wildman–Crippen LogP) is 3.85. The number of hydrogen-bond acceptors (Lipinski definition) is 6. The number of methoxy groups -OCH3 is 2. The summed E-state index contributed by atoms with van der Waals surface area (Å²) in [6.45, 7) is 1.57. The van der Waals surface area contributed by atoms with Gasteiger partial charge < -0.3 is 19.4 Å². The van der Waals surface area contributed by atoms with E-state index in [-0.39, 0.29) is 22.9 Å². The van der Waals surface area contributed by atoms with Crippen molar-refractivity contribution in [3.63, 3.8) is 0 Å². The van der Waals surface area contributed by atoms with Crippen LogP contribution >= 0.6 is 0 Å². The van der Waals surface area contributed by atoms with Gasteiger partial charge in [0.05, 0.1) is 24.8 Å². The number of nitrogens with zero attached hydrogens (tertiary/aromatic N) is 3. The van der Waals surface area contributed by atoms with Crippen LogP contribution in [0.4, 0.5) is 10.1 Å². The molecule has 11 heteroatoms. The lowest BCUT2D eigenvalue weighted by atomic mass is 10.2. The Bertz CT molecular complexity index is 1520. The fraction of sp³-hybridized carbons (Fsp3) is 0.185. The van der Waals surface area contributed by atoms with Gasteiger partial charge in [-0.05, 0) is 61.0 Å². The Hall–Kier alpha value is -4.38. The van der Waals surface area contributed by atoms with E-state index in [1.54, 1.807) is 6.20 Å². The molecule has 1 N–H and O–H groups in total. The molecule has 0 aliphatic carbocycles. The van der Waals surface area contributed by atoms with E-state index < -0.39 is 28.3 Å². The summed E-state index contributed by atoms with van der Waals surface area (Å²) in [6, 6.07) is 16.5. The first-order chi connectivity index (χ1) is 18.2. The van der Waals surface area contributed by atoms with E-state index in [1.165, 1.54) is 44.6 Å². The van der Waals surface area contributed by atoms with Crippen molar-refractivity contribution in [1.82, 2.24) is 14.9 Å². The number of amides is 1. The van der Waals surface area contributed by atoms with Crippen LogP contribution in [0.2, 0.25) is 0 Å². The van der Waals surface area contributed by atoms with Crippen LogP contribution < -0.4 is 19.1 Å². The summed E-state index contributed by atoms with van der Waals surface area (Å²) < 4.78 is 54.1. The number of imidazole rings is 1. The molecule has 4 rings (SSSR count). The monoisotopic (exact) mass is 538 g/mol. The van der Waals surface area contributed by atoms with Crippen molar-refractivity contribution in [3.05, 3.63) is 96.3 Å². The number of hydrogen-bond donors (Lipinski definition) is 1. The number of sulfonamides is 1. The maximum Gasteiger partial charge on any atom is 0.264 e. The molecule has 1 aromatic heterocycles. The minimum atomic E-state index is -4.23. The van der Waals surface area contributed by atoms with Crippen molar-refractivity contribution in [2.24, 2.45) is 0 Å². The average molecular weight is 539 g/mol.